The Labute approximate surface area is 168 Å². The molecule has 6 heteroatoms. The first-order valence-electron chi connectivity index (χ1n) is 9.71. The van der Waals surface area contributed by atoms with Gasteiger partial charge in [-0.15, -0.1) is 0 Å². The van der Waals surface area contributed by atoms with Crippen molar-refractivity contribution in [3.63, 3.8) is 0 Å². The van der Waals surface area contributed by atoms with E-state index >= 15 is 0 Å². The van der Waals surface area contributed by atoms with E-state index in [0.29, 0.717) is 18.2 Å². The van der Waals surface area contributed by atoms with Crippen molar-refractivity contribution >= 4 is 22.5 Å². The first-order chi connectivity index (χ1) is 14.0. The molecule has 0 fully saturated rings. The van der Waals surface area contributed by atoms with E-state index in [2.05, 4.69) is 45.6 Å². The minimum atomic E-state index is -0.0653. The van der Waals surface area contributed by atoms with Crippen LogP contribution in [0.2, 0.25) is 0 Å². The summed E-state index contributed by atoms with van der Waals surface area (Å²) in [7, 11) is 0. The fourth-order valence-electron chi connectivity index (χ4n) is 4.31. The summed E-state index contributed by atoms with van der Waals surface area (Å²) in [6.07, 6.45) is 0.390. The maximum Gasteiger partial charge on any atom is 0.252 e. The Kier molecular flexibility index (Phi) is 3.94. The largest absolute Gasteiger partial charge is 0.310 e. The lowest BCUT2D eigenvalue weighted by Gasteiger charge is -2.25. The summed E-state index contributed by atoms with van der Waals surface area (Å²) in [5.74, 6) is 1.05. The van der Waals surface area contributed by atoms with Gasteiger partial charge in [-0.2, -0.15) is 9.78 Å². The van der Waals surface area contributed by atoms with E-state index in [0.717, 1.165) is 33.6 Å². The Hall–Kier alpha value is -3.54. The molecule has 2 aromatic carbocycles. The topological polar surface area (TPSA) is 72.7 Å². The van der Waals surface area contributed by atoms with Crippen LogP contribution in [0.4, 0.5) is 5.82 Å². The van der Waals surface area contributed by atoms with Crippen LogP contribution >= 0.6 is 0 Å². The smallest absolute Gasteiger partial charge is 0.252 e. The minimum Gasteiger partial charge on any atom is -0.310 e. The number of aromatic nitrogens is 4. The molecule has 1 aliphatic rings. The zero-order chi connectivity index (χ0) is 20.1. The Morgan fingerprint density at radius 3 is 2.52 bits per heavy atom. The standard InChI is InChI=1S/C23H21N5O/c1-13-11-14(2)25-23(24-13)28-22-21(15(3)27-28)19(12-20(29)26-22)18-10-6-8-16-7-4-5-9-17(16)18/h4-11,19H,12H2,1-3H3,(H,26,29)/t19-/m0/s1. The van der Waals surface area contributed by atoms with Gasteiger partial charge in [0, 0.05) is 29.3 Å². The van der Waals surface area contributed by atoms with Gasteiger partial charge in [-0.05, 0) is 43.2 Å². The molecule has 0 unspecified atom stereocenters. The van der Waals surface area contributed by atoms with Crippen molar-refractivity contribution in [3.8, 4) is 5.95 Å². The van der Waals surface area contributed by atoms with Crippen LogP contribution in [0.1, 0.15) is 40.5 Å². The van der Waals surface area contributed by atoms with E-state index < -0.39 is 0 Å². The molecule has 1 aliphatic heterocycles. The van der Waals surface area contributed by atoms with Crippen LogP contribution in [0.25, 0.3) is 16.7 Å². The molecule has 6 nitrogen and oxygen atoms in total. The second-order valence-electron chi connectivity index (χ2n) is 7.58. The Balaban J connectivity index is 1.73. The maximum atomic E-state index is 12.7. The molecule has 0 aliphatic carbocycles. The number of aryl methyl sites for hydroxylation is 3. The van der Waals surface area contributed by atoms with Crippen LogP contribution < -0.4 is 5.32 Å². The van der Waals surface area contributed by atoms with Gasteiger partial charge in [0.15, 0.2) is 0 Å². The second-order valence-corrected chi connectivity index (χ2v) is 7.58. The fourth-order valence-corrected chi connectivity index (χ4v) is 4.31. The summed E-state index contributed by atoms with van der Waals surface area (Å²) in [4.78, 5) is 21.8. The van der Waals surface area contributed by atoms with Crippen molar-refractivity contribution in [1.29, 1.82) is 0 Å². The molecule has 1 amide bonds. The first kappa shape index (κ1) is 17.6. The summed E-state index contributed by atoms with van der Waals surface area (Å²) in [5.41, 5.74) is 4.77. The molecule has 0 spiro atoms. The van der Waals surface area contributed by atoms with Crippen molar-refractivity contribution in [2.75, 3.05) is 5.32 Å². The summed E-state index contributed by atoms with van der Waals surface area (Å²) in [6.45, 7) is 5.84. The predicted molar refractivity (Wildman–Crippen MR) is 112 cm³/mol. The molecule has 0 bridgehead atoms. The number of anilines is 1. The molecule has 29 heavy (non-hydrogen) atoms. The highest BCUT2D eigenvalue weighted by Crippen LogP contribution is 2.42. The average Bonchev–Trinajstić information content (AvgIpc) is 3.02. The second kappa shape index (κ2) is 6.51. The highest BCUT2D eigenvalue weighted by atomic mass is 16.1. The Morgan fingerprint density at radius 2 is 1.72 bits per heavy atom. The number of amides is 1. The van der Waals surface area contributed by atoms with Crippen molar-refractivity contribution in [1.82, 2.24) is 19.7 Å². The lowest BCUT2D eigenvalue weighted by molar-refractivity contribution is -0.116. The van der Waals surface area contributed by atoms with E-state index in [4.69, 9.17) is 5.10 Å². The summed E-state index contributed by atoms with van der Waals surface area (Å²) < 4.78 is 1.67. The molecule has 144 valence electrons. The minimum absolute atomic E-state index is 0.0269. The highest BCUT2D eigenvalue weighted by molar-refractivity contribution is 5.96. The molecule has 3 heterocycles. The Morgan fingerprint density at radius 1 is 1.00 bits per heavy atom. The van der Waals surface area contributed by atoms with Crippen LogP contribution in [0.15, 0.2) is 48.5 Å². The summed E-state index contributed by atoms with van der Waals surface area (Å²) >= 11 is 0. The third-order valence-electron chi connectivity index (χ3n) is 5.46. The number of fused-ring (bicyclic) bond motifs is 2. The van der Waals surface area contributed by atoms with E-state index in [1.54, 1.807) is 4.68 Å². The predicted octanol–water partition coefficient (Wildman–Crippen LogP) is 4.21. The number of hydrogen-bond donors (Lipinski definition) is 1. The van der Waals surface area contributed by atoms with Gasteiger partial charge in [0.2, 0.25) is 5.91 Å². The summed E-state index contributed by atoms with van der Waals surface area (Å²) in [5, 5.41) is 10.1. The van der Waals surface area contributed by atoms with Gasteiger partial charge in [-0.1, -0.05) is 42.5 Å². The third kappa shape index (κ3) is 2.88. The van der Waals surface area contributed by atoms with Crippen LogP contribution in [0, 0.1) is 20.8 Å². The number of rotatable bonds is 2. The molecule has 4 aromatic rings. The van der Waals surface area contributed by atoms with E-state index in [1.807, 2.05) is 39.0 Å². The van der Waals surface area contributed by atoms with Gasteiger partial charge in [0.25, 0.3) is 5.95 Å². The van der Waals surface area contributed by atoms with Crippen LogP contribution in [0.3, 0.4) is 0 Å². The zero-order valence-corrected chi connectivity index (χ0v) is 16.6. The van der Waals surface area contributed by atoms with Gasteiger partial charge in [0.05, 0.1) is 5.69 Å². The lowest BCUT2D eigenvalue weighted by atomic mass is 9.83. The van der Waals surface area contributed by atoms with Crippen molar-refractivity contribution in [2.45, 2.75) is 33.1 Å². The summed E-state index contributed by atoms with van der Waals surface area (Å²) in [6, 6.07) is 16.5. The first-order valence-corrected chi connectivity index (χ1v) is 9.71. The fraction of sp³-hybridized carbons (Fsp3) is 0.217. The number of nitrogens with one attached hydrogen (secondary N) is 1. The molecular weight excluding hydrogens is 362 g/mol. The molecule has 1 N–H and O–H groups in total. The average molecular weight is 383 g/mol. The molecule has 0 saturated carbocycles. The van der Waals surface area contributed by atoms with E-state index in [9.17, 15) is 4.79 Å². The van der Waals surface area contributed by atoms with Gasteiger partial charge in [-0.3, -0.25) is 4.79 Å². The maximum absolute atomic E-state index is 12.7. The van der Waals surface area contributed by atoms with Gasteiger partial charge < -0.3 is 5.32 Å². The van der Waals surface area contributed by atoms with Crippen molar-refractivity contribution < 1.29 is 4.79 Å². The van der Waals surface area contributed by atoms with Crippen LogP contribution in [-0.2, 0) is 4.79 Å². The quantitative estimate of drug-likeness (QED) is 0.563. The number of carbonyl (C=O) groups is 1. The van der Waals surface area contributed by atoms with Crippen molar-refractivity contribution in [3.05, 3.63) is 76.7 Å². The Bertz CT molecular complexity index is 1250. The molecule has 1 atom stereocenters. The number of nitrogens with zero attached hydrogens (tertiary/aromatic N) is 4. The normalized spacial score (nSPS) is 16.0. The van der Waals surface area contributed by atoms with E-state index in [1.165, 1.54) is 5.39 Å². The van der Waals surface area contributed by atoms with Gasteiger partial charge in [0.1, 0.15) is 5.82 Å². The van der Waals surface area contributed by atoms with Gasteiger partial charge in [-0.25, -0.2) is 9.97 Å². The zero-order valence-electron chi connectivity index (χ0n) is 16.6. The molecule has 2 aromatic heterocycles. The van der Waals surface area contributed by atoms with Crippen LogP contribution in [-0.4, -0.2) is 25.7 Å². The van der Waals surface area contributed by atoms with Crippen LogP contribution in [0.5, 0.6) is 0 Å². The monoisotopic (exact) mass is 383 g/mol. The number of hydrogen-bond acceptors (Lipinski definition) is 4. The lowest BCUT2D eigenvalue weighted by Crippen LogP contribution is -2.25. The SMILES string of the molecule is Cc1cc(C)nc(-n2nc(C)c3c2NC(=O)C[C@H]3c2cccc3ccccc23)n1. The van der Waals surface area contributed by atoms with E-state index in [-0.39, 0.29) is 11.8 Å². The molecule has 0 saturated heterocycles. The van der Waals surface area contributed by atoms with Gasteiger partial charge >= 0.3 is 0 Å². The number of benzene rings is 2. The number of carbonyl (C=O) groups excluding carboxylic acids is 1. The third-order valence-corrected chi connectivity index (χ3v) is 5.46. The highest BCUT2D eigenvalue weighted by Gasteiger charge is 2.33. The van der Waals surface area contributed by atoms with Crippen molar-refractivity contribution in [2.24, 2.45) is 0 Å². The molecular formula is C23H21N5O. The molecule has 0 radical (unpaired) electrons. The molecule has 5 rings (SSSR count).